The van der Waals surface area contributed by atoms with E-state index in [1.165, 1.54) is 18.4 Å². The van der Waals surface area contributed by atoms with Gasteiger partial charge in [0.2, 0.25) is 5.91 Å². The van der Waals surface area contributed by atoms with Crippen LogP contribution in [0.2, 0.25) is 0 Å². The maximum Gasteiger partial charge on any atom is 0.433 e. The Morgan fingerprint density at radius 1 is 1.24 bits per heavy atom. The second kappa shape index (κ2) is 11.6. The van der Waals surface area contributed by atoms with E-state index in [0.717, 1.165) is 36.0 Å². The zero-order chi connectivity index (χ0) is 26.6. The highest BCUT2D eigenvalue weighted by molar-refractivity contribution is 7.86. The minimum Gasteiger partial charge on any atom is -0.495 e. The van der Waals surface area contributed by atoms with E-state index < -0.39 is 22.9 Å². The van der Waals surface area contributed by atoms with Crippen LogP contribution in [0.15, 0.2) is 41.4 Å². The highest BCUT2D eigenvalue weighted by atomic mass is 32.2. The Morgan fingerprint density at radius 2 is 2.00 bits per heavy atom. The van der Waals surface area contributed by atoms with Gasteiger partial charge in [-0.25, -0.2) is 14.2 Å². The van der Waals surface area contributed by atoms with Crippen LogP contribution in [-0.2, 0) is 26.7 Å². The van der Waals surface area contributed by atoms with Crippen molar-refractivity contribution >= 4 is 39.0 Å². The lowest BCUT2D eigenvalue weighted by Gasteiger charge is -2.20. The third-order valence-electron chi connectivity index (χ3n) is 5.75. The van der Waals surface area contributed by atoms with Crippen molar-refractivity contribution in [2.45, 2.75) is 37.3 Å². The van der Waals surface area contributed by atoms with Gasteiger partial charge < -0.3 is 14.8 Å². The van der Waals surface area contributed by atoms with Crippen LogP contribution in [0.1, 0.15) is 30.7 Å². The number of alkyl halides is 3. The fraction of sp³-hybridized carbons (Fsp3) is 0.375. The molecule has 0 saturated carbocycles. The number of aromatic nitrogens is 2. The first-order valence-electron chi connectivity index (χ1n) is 11.4. The van der Waals surface area contributed by atoms with Crippen molar-refractivity contribution in [3.8, 4) is 16.2 Å². The third-order valence-corrected chi connectivity index (χ3v) is 8.01. The molecule has 1 saturated heterocycles. The quantitative estimate of drug-likeness (QED) is 0.385. The van der Waals surface area contributed by atoms with Crippen molar-refractivity contribution in [2.75, 3.05) is 30.4 Å². The highest BCUT2D eigenvalue weighted by Crippen LogP contribution is 2.36. The first-order valence-corrected chi connectivity index (χ1v) is 13.4. The SMILES string of the molecule is COc1ccc(-c2sc(NC(=O)CC3CCOCC3)nc2C)cc1S(=O)Nc1ccc(C(F)(F)F)nc1. The molecule has 3 heterocycles. The number of aryl methyl sites for hydroxylation is 1. The molecule has 13 heteroatoms. The summed E-state index contributed by atoms with van der Waals surface area (Å²) in [5.74, 6) is 0.528. The number of carbonyl (C=O) groups is 1. The number of rotatable bonds is 8. The fourth-order valence-electron chi connectivity index (χ4n) is 3.85. The maximum absolute atomic E-state index is 13.1. The maximum atomic E-state index is 13.1. The summed E-state index contributed by atoms with van der Waals surface area (Å²) in [4.78, 5) is 21.4. The van der Waals surface area contributed by atoms with Crippen molar-refractivity contribution < 1.29 is 31.6 Å². The molecule has 1 aliphatic rings. The molecule has 1 fully saturated rings. The minimum absolute atomic E-state index is 0.0990. The van der Waals surface area contributed by atoms with E-state index in [1.54, 1.807) is 18.2 Å². The van der Waals surface area contributed by atoms with E-state index in [1.807, 2.05) is 6.92 Å². The first kappa shape index (κ1) is 27.0. The highest BCUT2D eigenvalue weighted by Gasteiger charge is 2.32. The van der Waals surface area contributed by atoms with E-state index in [9.17, 15) is 22.2 Å². The predicted molar refractivity (Wildman–Crippen MR) is 135 cm³/mol. The molecule has 0 bridgehead atoms. The van der Waals surface area contributed by atoms with Gasteiger partial charge >= 0.3 is 6.18 Å². The van der Waals surface area contributed by atoms with Gasteiger partial charge in [-0.15, -0.1) is 0 Å². The van der Waals surface area contributed by atoms with Gasteiger partial charge in [0.05, 0.1) is 29.6 Å². The van der Waals surface area contributed by atoms with E-state index >= 15 is 0 Å². The van der Waals surface area contributed by atoms with Gasteiger partial charge in [0, 0.05) is 19.6 Å². The Labute approximate surface area is 218 Å². The summed E-state index contributed by atoms with van der Waals surface area (Å²) in [6.45, 7) is 3.15. The van der Waals surface area contributed by atoms with Gasteiger partial charge in [-0.05, 0) is 61.6 Å². The van der Waals surface area contributed by atoms with E-state index in [-0.39, 0.29) is 16.5 Å². The summed E-state index contributed by atoms with van der Waals surface area (Å²) in [5, 5.41) is 3.34. The van der Waals surface area contributed by atoms with Crippen LogP contribution in [0.4, 0.5) is 24.0 Å². The fourth-order valence-corrected chi connectivity index (χ4v) is 5.84. The monoisotopic (exact) mass is 554 g/mol. The van der Waals surface area contributed by atoms with Crippen molar-refractivity contribution in [2.24, 2.45) is 5.92 Å². The number of hydrogen-bond acceptors (Lipinski definition) is 7. The van der Waals surface area contributed by atoms with Crippen LogP contribution in [-0.4, -0.2) is 40.4 Å². The summed E-state index contributed by atoms with van der Waals surface area (Å²) in [7, 11) is -0.433. The van der Waals surface area contributed by atoms with Crippen molar-refractivity contribution in [1.82, 2.24) is 9.97 Å². The van der Waals surface area contributed by atoms with Crippen molar-refractivity contribution in [1.29, 1.82) is 0 Å². The van der Waals surface area contributed by atoms with Gasteiger partial charge in [-0.3, -0.25) is 9.52 Å². The number of carbonyl (C=O) groups excluding carboxylic acids is 1. The molecular formula is C24H25F3N4O4S2. The molecule has 2 N–H and O–H groups in total. The number of pyridine rings is 1. The standard InChI is InChI=1S/C24H25F3N4O4S2/c1-14-22(36-23(29-14)30-21(32)11-15-7-9-35-10-8-15)16-3-5-18(34-2)19(12-16)37(33)31-17-4-6-20(28-13-17)24(25,26)27/h3-6,12-13,15,31H,7-11H2,1-2H3,(H,29,30,32). The average Bonchev–Trinajstić information content (AvgIpc) is 3.23. The van der Waals surface area contributed by atoms with Crippen LogP contribution >= 0.6 is 11.3 Å². The van der Waals surface area contributed by atoms with Crippen LogP contribution in [0.5, 0.6) is 5.75 Å². The van der Waals surface area contributed by atoms with Gasteiger partial charge in [0.25, 0.3) is 0 Å². The number of benzene rings is 1. The number of methoxy groups -OCH3 is 1. The Morgan fingerprint density at radius 3 is 2.65 bits per heavy atom. The van der Waals surface area contributed by atoms with Crippen LogP contribution in [0.25, 0.3) is 10.4 Å². The predicted octanol–water partition coefficient (Wildman–Crippen LogP) is 5.43. The summed E-state index contributed by atoms with van der Waals surface area (Å²) < 4.78 is 64.7. The number of nitrogens with one attached hydrogen (secondary N) is 2. The van der Waals surface area contributed by atoms with Crippen molar-refractivity contribution in [3.05, 3.63) is 47.9 Å². The summed E-state index contributed by atoms with van der Waals surface area (Å²) in [6.07, 6.45) is -1.46. The number of halogens is 3. The molecule has 37 heavy (non-hydrogen) atoms. The van der Waals surface area contributed by atoms with Gasteiger partial charge in [-0.2, -0.15) is 13.2 Å². The molecule has 4 rings (SSSR count). The molecule has 198 valence electrons. The largest absolute Gasteiger partial charge is 0.495 e. The smallest absolute Gasteiger partial charge is 0.433 e. The molecule has 1 aromatic carbocycles. The molecule has 1 unspecified atom stereocenters. The molecule has 1 aliphatic heterocycles. The number of amides is 1. The molecule has 1 amide bonds. The van der Waals surface area contributed by atoms with Crippen LogP contribution in [0.3, 0.4) is 0 Å². The molecule has 1 atom stereocenters. The first-order chi connectivity index (χ1) is 17.6. The van der Waals surface area contributed by atoms with Gasteiger partial charge in [0.1, 0.15) is 16.3 Å². The molecule has 0 radical (unpaired) electrons. The van der Waals surface area contributed by atoms with Crippen LogP contribution < -0.4 is 14.8 Å². The third kappa shape index (κ3) is 6.84. The lowest BCUT2D eigenvalue weighted by atomic mass is 9.96. The second-order valence-electron chi connectivity index (χ2n) is 8.41. The van der Waals surface area contributed by atoms with Gasteiger partial charge in [0.15, 0.2) is 16.1 Å². The number of thiazole rings is 1. The Hall–Kier alpha value is -3.03. The molecule has 2 aromatic heterocycles. The Kier molecular flexibility index (Phi) is 8.45. The van der Waals surface area contributed by atoms with E-state index in [2.05, 4.69) is 20.0 Å². The number of hydrogen-bond donors (Lipinski definition) is 2. The molecule has 0 spiro atoms. The van der Waals surface area contributed by atoms with E-state index in [4.69, 9.17) is 9.47 Å². The zero-order valence-electron chi connectivity index (χ0n) is 20.1. The number of nitrogens with zero attached hydrogens (tertiary/aromatic N) is 2. The number of ether oxygens (including phenoxy) is 2. The topological polar surface area (TPSA) is 102 Å². The molecular weight excluding hydrogens is 529 g/mol. The average molecular weight is 555 g/mol. The summed E-state index contributed by atoms with van der Waals surface area (Å²) in [5.41, 5.74) is 0.506. The van der Waals surface area contributed by atoms with Crippen molar-refractivity contribution in [3.63, 3.8) is 0 Å². The molecule has 8 nitrogen and oxygen atoms in total. The summed E-state index contributed by atoms with van der Waals surface area (Å²) >= 11 is 1.30. The summed E-state index contributed by atoms with van der Waals surface area (Å²) in [6, 6.07) is 7.07. The zero-order valence-corrected chi connectivity index (χ0v) is 21.7. The lowest BCUT2D eigenvalue weighted by molar-refractivity contribution is -0.141. The van der Waals surface area contributed by atoms with Crippen LogP contribution in [0, 0.1) is 12.8 Å². The van der Waals surface area contributed by atoms with E-state index in [0.29, 0.717) is 47.7 Å². The van der Waals surface area contributed by atoms with Gasteiger partial charge in [-0.1, -0.05) is 11.3 Å². The Bertz CT molecular complexity index is 1280. The molecule has 3 aromatic rings. The Balaban J connectivity index is 1.50. The minimum atomic E-state index is -4.56. The molecule has 0 aliphatic carbocycles. The lowest BCUT2D eigenvalue weighted by Crippen LogP contribution is -2.22. The normalized spacial score (nSPS) is 15.3. The number of anilines is 2. The second-order valence-corrected chi connectivity index (χ2v) is 10.6.